The maximum absolute atomic E-state index is 7.47. The van der Waals surface area contributed by atoms with Gasteiger partial charge in [0.25, 0.3) is 0 Å². The Labute approximate surface area is 710 Å². The molecule has 0 bridgehead atoms. The van der Waals surface area contributed by atoms with Crippen molar-refractivity contribution in [2.45, 2.75) is 462 Å². The van der Waals surface area contributed by atoms with E-state index < -0.39 is 0 Å². The lowest BCUT2D eigenvalue weighted by molar-refractivity contribution is -0.259. The summed E-state index contributed by atoms with van der Waals surface area (Å²) in [7, 11) is 13.5. The molecule has 670 valence electrons. The van der Waals surface area contributed by atoms with E-state index in [1.54, 1.807) is 15.8 Å². The van der Waals surface area contributed by atoms with Gasteiger partial charge in [-0.2, -0.15) is 0 Å². The Morgan fingerprint density at radius 2 is 0.521 bits per heavy atom. The smallest absolute Gasteiger partial charge is 0.239 e. The predicted octanol–water partition coefficient (Wildman–Crippen LogP) is 14.2. The minimum atomic E-state index is -0.241. The third-order valence-corrected chi connectivity index (χ3v) is 30.6. The van der Waals surface area contributed by atoms with Crippen molar-refractivity contribution in [2.75, 3.05) is 68.5 Å². The lowest BCUT2D eigenvalue weighted by atomic mass is 9.78. The zero-order chi connectivity index (χ0) is 87.2. The molecule has 26 heteroatoms. The van der Waals surface area contributed by atoms with Crippen LogP contribution in [0.1, 0.15) is 324 Å². The van der Waals surface area contributed by atoms with E-state index in [1.165, 1.54) is 0 Å². The highest BCUT2D eigenvalue weighted by Crippen LogP contribution is 2.47. The summed E-state index contributed by atoms with van der Waals surface area (Å²) >= 11 is 0. The van der Waals surface area contributed by atoms with Gasteiger partial charge in [-0.05, 0) is 328 Å². The Hall–Kier alpha value is -4.61. The molecule has 0 aliphatic carbocycles. The Morgan fingerprint density at radius 3 is 0.778 bits per heavy atom. The monoisotopic (exact) mass is 1640 g/mol. The molecule has 11 rings (SSSR count). The van der Waals surface area contributed by atoms with Crippen LogP contribution in [0.4, 0.5) is 0 Å². The summed E-state index contributed by atoms with van der Waals surface area (Å²) in [6, 6.07) is 0.0154. The summed E-state index contributed by atoms with van der Waals surface area (Å²) in [5, 5.41) is 29.9. The largest absolute Gasteiger partial charge is 0.474 e. The van der Waals surface area contributed by atoms with Crippen LogP contribution < -0.4 is 26.9 Å². The molecule has 0 aromatic carbocycles. The second-order valence-corrected chi connectivity index (χ2v) is 48.3. The van der Waals surface area contributed by atoms with Crippen molar-refractivity contribution < 1.29 is 28.7 Å². The van der Waals surface area contributed by atoms with E-state index in [0.717, 1.165) is 120 Å². The molecule has 5 N–H and O–H groups in total. The number of hydrazone groups is 3. The fraction of sp³-hybridized carbons (Fsp3) is 0.901. The molecule has 11 aliphatic rings. The van der Waals surface area contributed by atoms with E-state index in [1.807, 2.05) is 0 Å². The first kappa shape index (κ1) is 93.1. The summed E-state index contributed by atoms with van der Waals surface area (Å²) in [4.78, 5) is 44.8. The molecule has 11 heterocycles. The van der Waals surface area contributed by atoms with Crippen LogP contribution in [0.5, 0.6) is 0 Å². The van der Waals surface area contributed by atoms with E-state index in [-0.39, 0.29) is 137 Å². The molecule has 8 fully saturated rings. The molecule has 8 saturated heterocycles. The van der Waals surface area contributed by atoms with Crippen molar-refractivity contribution in [3.05, 3.63) is 35.8 Å². The number of nitrogens with zero attached hydrogens (tertiary/aromatic N) is 15. The third-order valence-electron chi connectivity index (χ3n) is 30.6. The standard InChI is InChI=1S/C91H170N20O6/c1-76(2)46-62(47-77(3,4)98-76)107(71-44-74(113-65-52-82(13,14)101(34)83(15,16)53-65)96-110(93-71)116-68-58-88(25,26)104(37)89(27,28)59-68)41-39-106(70-43-73(112-64-50-80(9,10)100(33)81(11,12)51-64)95-109(92-70)115-67-56-86(21,22)103(36)87(23,24)57-67)40-42-108(63-48-78(5,6)99-79(7,8)49-63)72-45-75(114-66-54-84(17,18)102(35)85(19,20)55-66)97-111(94-72)117-69-60-90(29,30)105(38)91(31,32)61-69/h43-45,62-69,92,96-99H,39-42,46-61H2,1-38H3. The number of ether oxygens (including phenoxy) is 3. The number of piperidine rings is 8. The minimum Gasteiger partial charge on any atom is -0.474 e. The zero-order valence-corrected chi connectivity index (χ0v) is 81.2. The van der Waals surface area contributed by atoms with Crippen LogP contribution in [0.15, 0.2) is 51.1 Å². The highest BCUT2D eigenvalue weighted by Gasteiger charge is 2.53. The van der Waals surface area contributed by atoms with Crippen molar-refractivity contribution in [1.29, 1.82) is 0 Å². The molecule has 11 aliphatic heterocycles. The summed E-state index contributed by atoms with van der Waals surface area (Å²) < 4.78 is 22.4. The molecule has 0 saturated carbocycles. The Morgan fingerprint density at radius 1 is 0.291 bits per heavy atom. The van der Waals surface area contributed by atoms with E-state index in [4.69, 9.17) is 44.0 Å². The van der Waals surface area contributed by atoms with Gasteiger partial charge in [0.15, 0.2) is 11.7 Å². The van der Waals surface area contributed by atoms with Crippen molar-refractivity contribution in [3.63, 3.8) is 0 Å². The van der Waals surface area contributed by atoms with Crippen LogP contribution in [-0.2, 0) is 28.7 Å². The van der Waals surface area contributed by atoms with Crippen molar-refractivity contribution in [1.82, 2.24) is 86.9 Å². The highest BCUT2D eigenvalue weighted by atomic mass is 16.8. The van der Waals surface area contributed by atoms with Crippen LogP contribution in [0.2, 0.25) is 0 Å². The Balaban J connectivity index is 1.07. The van der Waals surface area contributed by atoms with Gasteiger partial charge in [0.1, 0.15) is 24.1 Å². The Kier molecular flexibility index (Phi) is 25.4. The summed E-state index contributed by atoms with van der Waals surface area (Å²) in [6.45, 7) is 77.1. The lowest BCUT2D eigenvalue weighted by Crippen LogP contribution is -2.64. The van der Waals surface area contributed by atoms with Crippen molar-refractivity contribution in [3.8, 4) is 0 Å². The topological polar surface area (TPSA) is 191 Å². The van der Waals surface area contributed by atoms with Gasteiger partial charge in [-0.25, -0.2) is 30.8 Å². The summed E-state index contributed by atoms with van der Waals surface area (Å²) in [5.41, 5.74) is 8.52. The molecule has 0 spiro atoms. The molecule has 0 atom stereocenters. The maximum atomic E-state index is 7.47. The summed E-state index contributed by atoms with van der Waals surface area (Å²) in [5.74, 6) is 4.10. The van der Waals surface area contributed by atoms with Crippen LogP contribution >= 0.6 is 0 Å². The fourth-order valence-electron chi connectivity index (χ4n) is 23.8. The third kappa shape index (κ3) is 21.4. The molecule has 0 amide bonds. The maximum Gasteiger partial charge on any atom is 0.239 e. The van der Waals surface area contributed by atoms with Gasteiger partial charge in [-0.1, -0.05) is 20.9 Å². The first-order valence-corrected chi connectivity index (χ1v) is 45.0. The predicted molar refractivity (Wildman–Crippen MR) is 475 cm³/mol. The van der Waals surface area contributed by atoms with Gasteiger partial charge in [-0.15, -0.1) is 10.2 Å². The number of nitrogens with one attached hydrogen (secondary N) is 5. The number of hydrazine groups is 3. The van der Waals surface area contributed by atoms with E-state index >= 15 is 0 Å². The molecule has 0 aromatic rings. The minimum absolute atomic E-state index is 0.00771. The number of amidine groups is 2. The van der Waals surface area contributed by atoms with E-state index in [2.05, 4.69) is 353 Å². The van der Waals surface area contributed by atoms with Crippen molar-refractivity contribution in [2.24, 2.45) is 15.3 Å². The lowest BCUT2D eigenvalue weighted by Gasteiger charge is -2.54. The second kappa shape index (κ2) is 31.9. The van der Waals surface area contributed by atoms with E-state index in [0.29, 0.717) is 43.8 Å². The van der Waals surface area contributed by atoms with Gasteiger partial charge in [0.2, 0.25) is 17.7 Å². The van der Waals surface area contributed by atoms with Crippen LogP contribution in [-0.4, -0.2) is 283 Å². The van der Waals surface area contributed by atoms with Crippen molar-refractivity contribution >= 4 is 17.6 Å². The number of likely N-dealkylation sites (tertiary alicyclic amines) is 6. The first-order chi connectivity index (χ1) is 53.1. The number of hydrogen-bond acceptors (Lipinski definition) is 26. The van der Waals surface area contributed by atoms with E-state index in [9.17, 15) is 0 Å². The fourth-order valence-corrected chi connectivity index (χ4v) is 23.8. The molecule has 0 unspecified atom stereocenters. The first-order valence-electron chi connectivity index (χ1n) is 45.0. The quantitative estimate of drug-likeness (QED) is 0.0772. The number of rotatable bonds is 20. The number of hydrogen-bond donors (Lipinski definition) is 5. The Bertz CT molecular complexity index is 3400. The molecule has 26 nitrogen and oxygen atoms in total. The summed E-state index contributed by atoms with van der Waals surface area (Å²) in [6.07, 6.45) is 18.9. The van der Waals surface area contributed by atoms with Gasteiger partial charge >= 0.3 is 0 Å². The zero-order valence-electron chi connectivity index (χ0n) is 81.2. The van der Waals surface area contributed by atoms with Gasteiger partial charge in [-0.3, -0.25) is 29.4 Å². The molecule has 0 aromatic heterocycles. The van der Waals surface area contributed by atoms with Gasteiger partial charge in [0, 0.05) is 184 Å². The normalized spacial score (nSPS) is 29.6. The average molecular weight is 1640 g/mol. The SMILES string of the molecule is CN1C(C)(C)CC(OC2=CC(N(CCN(CCN(C3=NN(OC4CC(C)(C)N(C)C(C)(C)C4)NC(OC4CC(C)(C)N(C)C(C)(C)C4)=C3)C3CC(C)(C)NC(C)(C)C3)C3=CC(OC4CC(C)(C)N(C)C(C)(C)C4)=NN(OC4CC(C)(C)N(C)C(C)(C)C4)N3)C3CC(C)(C)NC(C)(C)C3)=NN(OC3CC(C)(C)N(C)C(C)(C)C3)N2)CC1(C)C. The van der Waals surface area contributed by atoms with Crippen LogP contribution in [0.3, 0.4) is 0 Å². The average Bonchev–Trinajstić information content (AvgIpc) is 0.775. The molecular weight excluding hydrogens is 1470 g/mol. The molecule has 117 heavy (non-hydrogen) atoms. The van der Waals surface area contributed by atoms with Crippen LogP contribution in [0, 0.1) is 0 Å². The molecule has 0 radical (unpaired) electrons. The second-order valence-electron chi connectivity index (χ2n) is 48.3. The molecular formula is C91H170N20O6. The highest BCUT2D eigenvalue weighted by molar-refractivity contribution is 5.94. The van der Waals surface area contributed by atoms with Gasteiger partial charge < -0.3 is 39.5 Å². The van der Waals surface area contributed by atoms with Crippen LogP contribution in [0.25, 0.3) is 0 Å². The van der Waals surface area contributed by atoms with Gasteiger partial charge in [0.05, 0.1) is 18.3 Å².